The van der Waals surface area contributed by atoms with Crippen LogP contribution in [0.1, 0.15) is 98.3 Å². The molecule has 0 aromatic rings. The number of nitrogens with zero attached hydrogens (tertiary/aromatic N) is 1. The zero-order valence-electron chi connectivity index (χ0n) is 14.9. The normalized spacial score (nSPS) is 11.7. The van der Waals surface area contributed by atoms with E-state index in [1.54, 1.807) is 0 Å². The van der Waals surface area contributed by atoms with Gasteiger partial charge in [-0.3, -0.25) is 0 Å². The third-order valence-corrected chi connectivity index (χ3v) is 4.16. The van der Waals surface area contributed by atoms with Crippen LogP contribution in [0.15, 0.2) is 0 Å². The maximum atomic E-state index is 2.70. The summed E-state index contributed by atoms with van der Waals surface area (Å²) < 4.78 is 0. The molecule has 0 spiro atoms. The second kappa shape index (κ2) is 15.4. The quantitative estimate of drug-likeness (QED) is 0.320. The van der Waals surface area contributed by atoms with Gasteiger partial charge < -0.3 is 4.90 Å². The molecular weight excluding hydrogens is 242 g/mol. The molecular formula is C19H41N. The maximum absolute atomic E-state index is 2.70. The summed E-state index contributed by atoms with van der Waals surface area (Å²) in [5, 5.41) is 0. The molecule has 0 bridgehead atoms. The Morgan fingerprint density at radius 1 is 0.600 bits per heavy atom. The first kappa shape index (κ1) is 20.0. The Bertz CT molecular complexity index is 169. The smallest absolute Gasteiger partial charge is 0.00187 e. The number of hydrogen-bond acceptors (Lipinski definition) is 1. The monoisotopic (exact) mass is 283 g/mol. The fraction of sp³-hybridized carbons (Fsp3) is 1.00. The summed E-state index contributed by atoms with van der Waals surface area (Å²) in [4.78, 5) is 2.70. The van der Waals surface area contributed by atoms with Crippen LogP contribution in [0.2, 0.25) is 0 Å². The fourth-order valence-electron chi connectivity index (χ4n) is 2.69. The molecule has 20 heavy (non-hydrogen) atoms. The van der Waals surface area contributed by atoms with Gasteiger partial charge in [0.2, 0.25) is 0 Å². The Kier molecular flexibility index (Phi) is 15.3. The van der Waals surface area contributed by atoms with Crippen molar-refractivity contribution < 1.29 is 0 Å². The van der Waals surface area contributed by atoms with Crippen LogP contribution in [0.4, 0.5) is 0 Å². The highest BCUT2D eigenvalue weighted by Crippen LogP contribution is 2.12. The molecule has 0 saturated carbocycles. The average molecular weight is 284 g/mol. The van der Waals surface area contributed by atoms with E-state index in [4.69, 9.17) is 0 Å². The first-order valence-electron chi connectivity index (χ1n) is 9.43. The second-order valence-corrected chi connectivity index (χ2v) is 6.85. The van der Waals surface area contributed by atoms with E-state index < -0.39 is 0 Å². The zero-order valence-corrected chi connectivity index (χ0v) is 14.9. The Balaban J connectivity index is 3.42. The lowest BCUT2D eigenvalue weighted by atomic mass is 10.0. The van der Waals surface area contributed by atoms with Crippen molar-refractivity contribution in [2.75, 3.05) is 19.6 Å². The minimum Gasteiger partial charge on any atom is -0.303 e. The van der Waals surface area contributed by atoms with Crippen LogP contribution in [0.3, 0.4) is 0 Å². The van der Waals surface area contributed by atoms with Gasteiger partial charge in [0.15, 0.2) is 0 Å². The van der Waals surface area contributed by atoms with Gasteiger partial charge in [-0.2, -0.15) is 0 Å². The minimum absolute atomic E-state index is 0.890. The number of rotatable bonds is 15. The summed E-state index contributed by atoms with van der Waals surface area (Å²) in [5.41, 5.74) is 0. The van der Waals surface area contributed by atoms with Gasteiger partial charge in [0, 0.05) is 0 Å². The standard InChI is InChI=1S/C19H41N/c1-5-7-16-20(17-8-6-2)18-14-12-10-9-11-13-15-19(3)4/h19H,5-18H2,1-4H3. The molecule has 0 atom stereocenters. The average Bonchev–Trinajstić information content (AvgIpc) is 2.43. The third kappa shape index (κ3) is 14.4. The molecule has 0 saturated heterocycles. The summed E-state index contributed by atoms with van der Waals surface area (Å²) in [5.74, 6) is 0.890. The Labute approximate surface area is 129 Å². The van der Waals surface area contributed by atoms with E-state index in [1.807, 2.05) is 0 Å². The lowest BCUT2D eigenvalue weighted by molar-refractivity contribution is 0.258. The van der Waals surface area contributed by atoms with Gasteiger partial charge >= 0.3 is 0 Å². The predicted octanol–water partition coefficient (Wildman–Crippen LogP) is 6.28. The summed E-state index contributed by atoms with van der Waals surface area (Å²) in [7, 11) is 0. The van der Waals surface area contributed by atoms with Gasteiger partial charge in [-0.1, -0.05) is 79.1 Å². The molecule has 1 heteroatoms. The molecule has 122 valence electrons. The first-order valence-corrected chi connectivity index (χ1v) is 9.43. The maximum Gasteiger partial charge on any atom is -0.00187 e. The summed E-state index contributed by atoms with van der Waals surface area (Å²) in [6.07, 6.45) is 15.5. The van der Waals surface area contributed by atoms with Crippen molar-refractivity contribution in [3.63, 3.8) is 0 Å². The third-order valence-electron chi connectivity index (χ3n) is 4.16. The highest BCUT2D eigenvalue weighted by molar-refractivity contribution is 4.58. The molecule has 0 aliphatic rings. The van der Waals surface area contributed by atoms with Gasteiger partial charge in [0.05, 0.1) is 0 Å². The van der Waals surface area contributed by atoms with Crippen molar-refractivity contribution in [2.45, 2.75) is 98.3 Å². The Morgan fingerprint density at radius 2 is 1.05 bits per heavy atom. The Morgan fingerprint density at radius 3 is 1.55 bits per heavy atom. The van der Waals surface area contributed by atoms with Crippen molar-refractivity contribution in [1.29, 1.82) is 0 Å². The van der Waals surface area contributed by atoms with E-state index in [-0.39, 0.29) is 0 Å². The van der Waals surface area contributed by atoms with Crippen molar-refractivity contribution in [2.24, 2.45) is 5.92 Å². The molecule has 0 unspecified atom stereocenters. The zero-order chi connectivity index (χ0) is 15.1. The number of unbranched alkanes of at least 4 members (excludes halogenated alkanes) is 7. The Hall–Kier alpha value is -0.0400. The minimum atomic E-state index is 0.890. The highest BCUT2D eigenvalue weighted by atomic mass is 15.1. The van der Waals surface area contributed by atoms with Crippen LogP contribution in [-0.4, -0.2) is 24.5 Å². The SMILES string of the molecule is CCCCN(CCCC)CCCCCCCCC(C)C. The van der Waals surface area contributed by atoms with Crippen LogP contribution >= 0.6 is 0 Å². The lowest BCUT2D eigenvalue weighted by Crippen LogP contribution is -2.27. The largest absolute Gasteiger partial charge is 0.303 e. The van der Waals surface area contributed by atoms with Crippen LogP contribution in [-0.2, 0) is 0 Å². The molecule has 0 aliphatic heterocycles. The van der Waals surface area contributed by atoms with Crippen LogP contribution in [0.5, 0.6) is 0 Å². The van der Waals surface area contributed by atoms with E-state index >= 15 is 0 Å². The summed E-state index contributed by atoms with van der Waals surface area (Å²) >= 11 is 0. The molecule has 1 nitrogen and oxygen atoms in total. The molecule has 0 heterocycles. The van der Waals surface area contributed by atoms with E-state index in [0.717, 1.165) is 5.92 Å². The highest BCUT2D eigenvalue weighted by Gasteiger charge is 2.03. The van der Waals surface area contributed by atoms with Gasteiger partial charge in [-0.15, -0.1) is 0 Å². The van der Waals surface area contributed by atoms with Gasteiger partial charge in [0.1, 0.15) is 0 Å². The van der Waals surface area contributed by atoms with E-state index in [0.29, 0.717) is 0 Å². The molecule has 0 amide bonds. The predicted molar refractivity (Wildman–Crippen MR) is 93.4 cm³/mol. The molecule has 0 fully saturated rings. The summed E-state index contributed by atoms with van der Waals surface area (Å²) in [6.45, 7) is 13.3. The second-order valence-electron chi connectivity index (χ2n) is 6.85. The van der Waals surface area contributed by atoms with E-state index in [1.165, 1.54) is 90.3 Å². The molecule has 0 aliphatic carbocycles. The fourth-order valence-corrected chi connectivity index (χ4v) is 2.69. The van der Waals surface area contributed by atoms with Gasteiger partial charge in [0.25, 0.3) is 0 Å². The lowest BCUT2D eigenvalue weighted by Gasteiger charge is -2.21. The van der Waals surface area contributed by atoms with Crippen molar-refractivity contribution in [1.82, 2.24) is 4.90 Å². The van der Waals surface area contributed by atoms with Crippen LogP contribution in [0.25, 0.3) is 0 Å². The topological polar surface area (TPSA) is 3.24 Å². The van der Waals surface area contributed by atoms with Crippen LogP contribution < -0.4 is 0 Å². The van der Waals surface area contributed by atoms with Gasteiger partial charge in [-0.25, -0.2) is 0 Å². The molecule has 0 aromatic carbocycles. The van der Waals surface area contributed by atoms with E-state index in [9.17, 15) is 0 Å². The first-order chi connectivity index (χ1) is 9.70. The van der Waals surface area contributed by atoms with Crippen LogP contribution in [0, 0.1) is 5.92 Å². The number of hydrogen-bond donors (Lipinski definition) is 0. The molecule has 0 radical (unpaired) electrons. The molecule has 0 N–H and O–H groups in total. The van der Waals surface area contributed by atoms with E-state index in [2.05, 4.69) is 32.6 Å². The van der Waals surface area contributed by atoms with Crippen molar-refractivity contribution in [3.8, 4) is 0 Å². The van der Waals surface area contributed by atoms with Gasteiger partial charge in [-0.05, 0) is 44.8 Å². The van der Waals surface area contributed by atoms with Crippen molar-refractivity contribution in [3.05, 3.63) is 0 Å². The summed E-state index contributed by atoms with van der Waals surface area (Å²) in [6, 6.07) is 0. The molecule has 0 aromatic heterocycles. The van der Waals surface area contributed by atoms with Crippen molar-refractivity contribution >= 4 is 0 Å². The molecule has 0 rings (SSSR count).